The molecule has 1 amide bonds. The number of hydrogen-bond acceptors (Lipinski definition) is 2. The second kappa shape index (κ2) is 4.43. The lowest BCUT2D eigenvalue weighted by atomic mass is 9.95. The standard InChI is InChI=1S/C16H13F2NO2/c17-15(18)9-5-10(6-9)16(20)19-8-11-7-13(19)12-3-1-2-4-14(12)21-11/h1-4,11,13,15H,5,7-8H2/t11-,13-/m0/s1. The summed E-state index contributed by atoms with van der Waals surface area (Å²) in [6.45, 7) is 0.507. The zero-order valence-electron chi connectivity index (χ0n) is 11.2. The van der Waals surface area contributed by atoms with Crippen LogP contribution in [0.15, 0.2) is 41.1 Å². The van der Waals surface area contributed by atoms with Gasteiger partial charge in [0, 0.05) is 24.0 Å². The second-order valence-electron chi connectivity index (χ2n) is 5.59. The molecule has 3 aliphatic rings. The summed E-state index contributed by atoms with van der Waals surface area (Å²) in [6, 6.07) is 7.66. The van der Waals surface area contributed by atoms with E-state index in [1.165, 1.54) is 0 Å². The molecule has 0 N–H and O–H groups in total. The predicted molar refractivity (Wildman–Crippen MR) is 71.1 cm³/mol. The summed E-state index contributed by atoms with van der Waals surface area (Å²) in [7, 11) is 0. The molecule has 1 fully saturated rings. The highest BCUT2D eigenvalue weighted by Crippen LogP contribution is 2.44. The smallest absolute Gasteiger partial charge is 0.267 e. The van der Waals surface area contributed by atoms with Crippen LogP contribution in [0.3, 0.4) is 0 Å². The SMILES string of the molecule is O=C(C1=C=C(C(F)F)C1)N1C[C@@H]2C[C@H]1c1ccccc1O2. The van der Waals surface area contributed by atoms with Gasteiger partial charge in [-0.25, -0.2) is 8.78 Å². The fraction of sp³-hybridized carbons (Fsp3) is 0.375. The van der Waals surface area contributed by atoms with Crippen molar-refractivity contribution >= 4 is 5.91 Å². The van der Waals surface area contributed by atoms with Crippen molar-refractivity contribution in [3.63, 3.8) is 0 Å². The normalized spacial score (nSPS) is 25.8. The summed E-state index contributed by atoms with van der Waals surface area (Å²) < 4.78 is 30.7. The van der Waals surface area contributed by atoms with Crippen molar-refractivity contribution in [1.29, 1.82) is 0 Å². The molecule has 1 aromatic rings. The number of ether oxygens (including phenoxy) is 1. The van der Waals surface area contributed by atoms with E-state index in [0.717, 1.165) is 17.7 Å². The first-order chi connectivity index (χ1) is 10.1. The van der Waals surface area contributed by atoms with Gasteiger partial charge in [0.15, 0.2) is 0 Å². The van der Waals surface area contributed by atoms with Gasteiger partial charge in [0.05, 0.1) is 18.2 Å². The molecule has 2 heterocycles. The Bertz CT molecular complexity index is 691. The van der Waals surface area contributed by atoms with Crippen molar-refractivity contribution in [2.24, 2.45) is 0 Å². The maximum atomic E-state index is 12.5. The number of amides is 1. The fourth-order valence-corrected chi connectivity index (χ4v) is 3.24. The molecule has 21 heavy (non-hydrogen) atoms. The average Bonchev–Trinajstić information content (AvgIpc) is 2.75. The minimum Gasteiger partial charge on any atom is -0.488 e. The first kappa shape index (κ1) is 12.6. The molecule has 0 unspecified atom stereocenters. The van der Waals surface area contributed by atoms with Crippen LogP contribution in [0.5, 0.6) is 5.75 Å². The number of halogens is 2. The molecular weight excluding hydrogens is 276 g/mol. The van der Waals surface area contributed by atoms with Gasteiger partial charge in [-0.15, -0.1) is 5.73 Å². The van der Waals surface area contributed by atoms with Gasteiger partial charge in [-0.3, -0.25) is 4.79 Å². The number of benzene rings is 1. The number of carbonyl (C=O) groups is 1. The predicted octanol–water partition coefficient (Wildman–Crippen LogP) is 2.84. The number of para-hydroxylation sites is 1. The molecule has 4 rings (SSSR count). The van der Waals surface area contributed by atoms with E-state index in [1.54, 1.807) is 4.90 Å². The van der Waals surface area contributed by atoms with Crippen LogP contribution in [0, 0.1) is 0 Å². The third-order valence-corrected chi connectivity index (χ3v) is 4.30. The maximum absolute atomic E-state index is 12.5. The Kier molecular flexibility index (Phi) is 2.66. The maximum Gasteiger partial charge on any atom is 0.267 e. The van der Waals surface area contributed by atoms with Crippen molar-refractivity contribution in [2.75, 3.05) is 6.54 Å². The molecule has 108 valence electrons. The highest BCUT2D eigenvalue weighted by atomic mass is 19.3. The quantitative estimate of drug-likeness (QED) is 0.784. The highest BCUT2D eigenvalue weighted by molar-refractivity contribution is 5.96. The molecule has 2 aliphatic heterocycles. The van der Waals surface area contributed by atoms with Gasteiger partial charge in [-0.2, -0.15) is 0 Å². The average molecular weight is 289 g/mol. The molecule has 2 atom stereocenters. The molecule has 0 spiro atoms. The van der Waals surface area contributed by atoms with Gasteiger partial charge in [-0.1, -0.05) is 18.2 Å². The Morgan fingerprint density at radius 2 is 2.14 bits per heavy atom. The summed E-state index contributed by atoms with van der Waals surface area (Å²) >= 11 is 0. The Balaban J connectivity index is 1.64. The van der Waals surface area contributed by atoms with Crippen LogP contribution in [0.2, 0.25) is 0 Å². The molecule has 1 aromatic carbocycles. The number of carbonyl (C=O) groups excluding carboxylic acids is 1. The summed E-state index contributed by atoms with van der Waals surface area (Å²) in [5.41, 5.74) is 3.79. The highest BCUT2D eigenvalue weighted by Gasteiger charge is 2.43. The zero-order valence-corrected chi connectivity index (χ0v) is 11.2. The number of nitrogens with zero attached hydrogens (tertiary/aromatic N) is 1. The molecule has 1 aliphatic carbocycles. The monoisotopic (exact) mass is 289 g/mol. The zero-order chi connectivity index (χ0) is 14.6. The summed E-state index contributed by atoms with van der Waals surface area (Å²) in [5.74, 6) is 0.632. The van der Waals surface area contributed by atoms with E-state index in [0.29, 0.717) is 12.1 Å². The van der Waals surface area contributed by atoms with E-state index in [2.05, 4.69) is 5.73 Å². The lowest BCUT2D eigenvalue weighted by Gasteiger charge is -2.28. The second-order valence-corrected chi connectivity index (χ2v) is 5.59. The Morgan fingerprint density at radius 1 is 1.38 bits per heavy atom. The van der Waals surface area contributed by atoms with Crippen LogP contribution in [-0.2, 0) is 4.79 Å². The van der Waals surface area contributed by atoms with Crippen LogP contribution in [0.4, 0.5) is 8.78 Å². The number of rotatable bonds is 2. The third kappa shape index (κ3) is 1.88. The Labute approximate surface area is 120 Å². The number of fused-ring (bicyclic) bond motifs is 4. The van der Waals surface area contributed by atoms with Crippen molar-refractivity contribution in [3.8, 4) is 5.75 Å². The van der Waals surface area contributed by atoms with Crippen LogP contribution in [-0.4, -0.2) is 29.9 Å². The van der Waals surface area contributed by atoms with Crippen LogP contribution < -0.4 is 4.74 Å². The third-order valence-electron chi connectivity index (χ3n) is 4.30. The van der Waals surface area contributed by atoms with Gasteiger partial charge in [-0.05, 0) is 6.07 Å². The number of likely N-dealkylation sites (tertiary alicyclic amines) is 1. The largest absolute Gasteiger partial charge is 0.488 e. The lowest BCUT2D eigenvalue weighted by molar-refractivity contribution is -0.128. The number of hydrogen-bond donors (Lipinski definition) is 0. The molecule has 0 saturated carbocycles. The first-order valence-corrected chi connectivity index (χ1v) is 6.96. The van der Waals surface area contributed by atoms with E-state index in [4.69, 9.17) is 4.74 Å². The molecule has 1 saturated heterocycles. The van der Waals surface area contributed by atoms with Crippen molar-refractivity contribution in [1.82, 2.24) is 4.90 Å². The van der Waals surface area contributed by atoms with Gasteiger partial charge >= 0.3 is 0 Å². The minimum absolute atomic E-state index is 0.00641. The fourth-order valence-electron chi connectivity index (χ4n) is 3.24. The molecule has 0 radical (unpaired) electrons. The molecule has 0 aromatic heterocycles. The van der Waals surface area contributed by atoms with Gasteiger partial charge in [0.1, 0.15) is 11.9 Å². The van der Waals surface area contributed by atoms with Crippen LogP contribution in [0.1, 0.15) is 24.4 Å². The van der Waals surface area contributed by atoms with E-state index >= 15 is 0 Å². The van der Waals surface area contributed by atoms with Crippen molar-refractivity contribution in [2.45, 2.75) is 31.4 Å². The topological polar surface area (TPSA) is 29.5 Å². The summed E-state index contributed by atoms with van der Waals surface area (Å²) in [5, 5.41) is 0. The van der Waals surface area contributed by atoms with Crippen molar-refractivity contribution < 1.29 is 18.3 Å². The summed E-state index contributed by atoms with van der Waals surface area (Å²) in [4.78, 5) is 14.2. The molecule has 3 nitrogen and oxygen atoms in total. The van der Waals surface area contributed by atoms with Gasteiger partial charge in [0.25, 0.3) is 12.3 Å². The van der Waals surface area contributed by atoms with Gasteiger partial charge in [0.2, 0.25) is 0 Å². The van der Waals surface area contributed by atoms with Gasteiger partial charge < -0.3 is 9.64 Å². The Hall–Kier alpha value is -2.13. The Morgan fingerprint density at radius 3 is 2.90 bits per heavy atom. The molecular formula is C16H13F2NO2. The van der Waals surface area contributed by atoms with Crippen molar-refractivity contribution in [3.05, 3.63) is 46.7 Å². The van der Waals surface area contributed by atoms with E-state index in [1.807, 2.05) is 24.3 Å². The van der Waals surface area contributed by atoms with E-state index in [9.17, 15) is 13.6 Å². The lowest BCUT2D eigenvalue weighted by Crippen LogP contribution is -2.33. The summed E-state index contributed by atoms with van der Waals surface area (Å²) in [6.07, 6.45) is -1.70. The first-order valence-electron chi connectivity index (χ1n) is 6.96. The van der Waals surface area contributed by atoms with E-state index < -0.39 is 6.43 Å². The van der Waals surface area contributed by atoms with Crippen LogP contribution in [0.25, 0.3) is 0 Å². The van der Waals surface area contributed by atoms with E-state index in [-0.39, 0.29) is 30.0 Å². The van der Waals surface area contributed by atoms with Crippen LogP contribution >= 0.6 is 0 Å². The number of alkyl halides is 2. The molecule has 5 heteroatoms. The molecule has 2 bridgehead atoms. The minimum atomic E-state index is -2.51.